The third-order valence-electron chi connectivity index (χ3n) is 5.48. The summed E-state index contributed by atoms with van der Waals surface area (Å²) >= 11 is 6.38. The number of nitrogens with zero attached hydrogens (tertiary/aromatic N) is 5. The van der Waals surface area contributed by atoms with Gasteiger partial charge in [0.25, 0.3) is 17.6 Å². The molecule has 0 aliphatic carbocycles. The van der Waals surface area contributed by atoms with Crippen LogP contribution in [0.15, 0.2) is 58.8 Å². The summed E-state index contributed by atoms with van der Waals surface area (Å²) in [6, 6.07) is 13.0. The van der Waals surface area contributed by atoms with Gasteiger partial charge in [0.1, 0.15) is 5.69 Å². The van der Waals surface area contributed by atoms with Gasteiger partial charge in [0.15, 0.2) is 0 Å². The molecule has 3 aromatic rings. The summed E-state index contributed by atoms with van der Waals surface area (Å²) in [5, 5.41) is 19.3. The number of aromatic nitrogens is 1. The molecule has 0 radical (unpaired) electrons. The third-order valence-corrected chi connectivity index (χ3v) is 5.80. The summed E-state index contributed by atoms with van der Waals surface area (Å²) < 4.78 is 40.6. The van der Waals surface area contributed by atoms with Gasteiger partial charge in [0.05, 0.1) is 40.1 Å². The predicted molar refractivity (Wildman–Crippen MR) is 143 cm³/mol. The second-order valence-corrected chi connectivity index (χ2v) is 8.72. The highest BCUT2D eigenvalue weighted by molar-refractivity contribution is 6.32. The molecule has 1 heterocycles. The number of amides is 2. The quantitative estimate of drug-likeness (QED) is 0.243. The molecule has 2 amide bonds. The lowest BCUT2D eigenvalue weighted by Gasteiger charge is -2.15. The first-order chi connectivity index (χ1) is 18.4. The molecule has 3 rings (SSSR count). The van der Waals surface area contributed by atoms with Crippen molar-refractivity contribution in [2.45, 2.75) is 19.6 Å². The van der Waals surface area contributed by atoms with Crippen molar-refractivity contribution in [3.05, 3.63) is 81.6 Å². The Labute approximate surface area is 227 Å². The fourth-order valence-corrected chi connectivity index (χ4v) is 4.00. The Morgan fingerprint density at radius 3 is 2.49 bits per heavy atom. The number of amidine groups is 1. The molecule has 0 atom stereocenters. The fourth-order valence-electron chi connectivity index (χ4n) is 3.77. The Kier molecular flexibility index (Phi) is 8.78. The number of rotatable bonds is 7. The van der Waals surface area contributed by atoms with Crippen LogP contribution in [0.25, 0.3) is 5.69 Å². The second kappa shape index (κ2) is 11.8. The van der Waals surface area contributed by atoms with Gasteiger partial charge in [0.2, 0.25) is 0 Å². The van der Waals surface area contributed by atoms with Crippen molar-refractivity contribution >= 4 is 41.7 Å². The number of anilines is 1. The Bertz CT molecular complexity index is 1510. The first-order valence-electron chi connectivity index (χ1n) is 11.3. The number of aryl methyl sites for hydroxylation is 1. The first kappa shape index (κ1) is 28.9. The number of carbonyl (C=O) groups excluding carboxylic acids is 2. The van der Waals surface area contributed by atoms with Gasteiger partial charge in [-0.3, -0.25) is 14.6 Å². The highest BCUT2D eigenvalue weighted by atomic mass is 35.5. The zero-order valence-corrected chi connectivity index (χ0v) is 21.9. The van der Waals surface area contributed by atoms with Crippen molar-refractivity contribution in [1.82, 2.24) is 14.9 Å². The van der Waals surface area contributed by atoms with Crippen molar-refractivity contribution < 1.29 is 22.8 Å². The van der Waals surface area contributed by atoms with Crippen LogP contribution in [0.2, 0.25) is 5.02 Å². The molecule has 0 aliphatic rings. The van der Waals surface area contributed by atoms with Crippen LogP contribution >= 0.6 is 11.6 Å². The normalized spacial score (nSPS) is 11.5. The maximum absolute atomic E-state index is 13.6. The van der Waals surface area contributed by atoms with E-state index in [0.717, 1.165) is 5.01 Å². The summed E-state index contributed by atoms with van der Waals surface area (Å²) in [6.45, 7) is 4.44. The van der Waals surface area contributed by atoms with Crippen molar-refractivity contribution in [2.24, 2.45) is 10.1 Å². The van der Waals surface area contributed by atoms with Crippen LogP contribution in [-0.2, 0) is 6.54 Å². The molecule has 2 N–H and O–H groups in total. The van der Waals surface area contributed by atoms with Gasteiger partial charge in [-0.2, -0.15) is 23.5 Å². The van der Waals surface area contributed by atoms with Crippen molar-refractivity contribution in [1.29, 1.82) is 5.26 Å². The topological polar surface area (TPSA) is 115 Å². The summed E-state index contributed by atoms with van der Waals surface area (Å²) in [6.07, 6.45) is -3.24. The highest BCUT2D eigenvalue weighted by Crippen LogP contribution is 2.27. The molecule has 2 aromatic carbocycles. The number of hydrogen-bond donors (Lipinski definition) is 2. The van der Waals surface area contributed by atoms with Crippen molar-refractivity contribution in [3.8, 4) is 11.8 Å². The molecule has 0 bridgehead atoms. The molecule has 0 spiro atoms. The molecule has 13 heteroatoms. The average Bonchev–Trinajstić information content (AvgIpc) is 3.30. The second-order valence-electron chi connectivity index (χ2n) is 8.31. The van der Waals surface area contributed by atoms with Crippen molar-refractivity contribution in [3.63, 3.8) is 0 Å². The Hall–Kier alpha value is -4.63. The van der Waals surface area contributed by atoms with Crippen LogP contribution in [0, 0.1) is 18.3 Å². The number of hydrogen-bond acceptors (Lipinski definition) is 5. The van der Waals surface area contributed by atoms with E-state index in [1.165, 1.54) is 36.9 Å². The van der Waals surface area contributed by atoms with Gasteiger partial charge in [-0.15, -0.1) is 0 Å². The van der Waals surface area contributed by atoms with Crippen LogP contribution in [-0.4, -0.2) is 54.2 Å². The van der Waals surface area contributed by atoms with E-state index >= 15 is 0 Å². The van der Waals surface area contributed by atoms with Gasteiger partial charge >= 0.3 is 6.18 Å². The average molecular weight is 558 g/mol. The van der Waals surface area contributed by atoms with Crippen molar-refractivity contribution in [2.75, 3.05) is 19.4 Å². The fraction of sp³-hybridized carbons (Fsp3) is 0.192. The molecule has 39 heavy (non-hydrogen) atoms. The molecule has 0 saturated carbocycles. The minimum atomic E-state index is -4.79. The molecular weight excluding hydrogens is 535 g/mol. The van der Waals surface area contributed by atoms with Crippen LogP contribution in [0.4, 0.5) is 18.9 Å². The van der Waals surface area contributed by atoms with Gasteiger partial charge in [-0.1, -0.05) is 23.7 Å². The maximum atomic E-state index is 13.6. The van der Waals surface area contributed by atoms with E-state index in [0.29, 0.717) is 21.8 Å². The maximum Gasteiger partial charge on any atom is 0.453 e. The van der Waals surface area contributed by atoms with E-state index in [-0.39, 0.29) is 29.1 Å². The standard InChI is InChI=1S/C26H23ClF3N7O2/c1-15-9-16(12-31)10-18(23(38)32-2)22(15)34-24(39)21-11-17(13-36(4)35-25(33-3)26(28,29)30)14-37(21)20-8-6-5-7-19(20)27/h5-11,14H,3,13H2,1-2,4H3,(H,32,38)(H,34,39)/b35-25-. The van der Waals surface area contributed by atoms with Crippen LogP contribution in [0.5, 0.6) is 0 Å². The monoisotopic (exact) mass is 557 g/mol. The lowest BCUT2D eigenvalue weighted by atomic mass is 10.0. The van der Waals surface area contributed by atoms with E-state index in [4.69, 9.17) is 11.6 Å². The van der Waals surface area contributed by atoms with E-state index < -0.39 is 23.8 Å². The molecule has 9 nitrogen and oxygen atoms in total. The van der Waals surface area contributed by atoms with E-state index in [2.05, 4.69) is 27.4 Å². The van der Waals surface area contributed by atoms with Gasteiger partial charge in [0, 0.05) is 20.3 Å². The zero-order valence-electron chi connectivity index (χ0n) is 21.1. The lowest BCUT2D eigenvalue weighted by molar-refractivity contribution is -0.0610. The van der Waals surface area contributed by atoms with Crippen LogP contribution < -0.4 is 10.6 Å². The lowest BCUT2D eigenvalue weighted by Crippen LogP contribution is -2.24. The molecule has 0 saturated heterocycles. The minimum absolute atomic E-state index is 0.0833. The number of carbonyl (C=O) groups is 2. The number of para-hydroxylation sites is 1. The molecular formula is C26H23ClF3N7O2. The van der Waals surface area contributed by atoms with E-state index in [9.17, 15) is 28.0 Å². The smallest absolute Gasteiger partial charge is 0.355 e. The Balaban J connectivity index is 2.07. The van der Waals surface area contributed by atoms with Crippen LogP contribution in [0.1, 0.15) is 37.5 Å². The summed E-state index contributed by atoms with van der Waals surface area (Å²) in [4.78, 5) is 29.0. The number of aliphatic imine (C=N–C) groups is 1. The molecule has 0 fully saturated rings. The zero-order chi connectivity index (χ0) is 28.9. The summed E-state index contributed by atoms with van der Waals surface area (Å²) in [5.41, 5.74) is 1.95. The van der Waals surface area contributed by atoms with Gasteiger partial charge in [-0.05, 0) is 55.1 Å². The number of halogens is 4. The third kappa shape index (κ3) is 6.63. The van der Waals surface area contributed by atoms with Gasteiger partial charge in [-0.25, -0.2) is 4.99 Å². The first-order valence-corrected chi connectivity index (χ1v) is 11.6. The summed E-state index contributed by atoms with van der Waals surface area (Å²) in [5.74, 6) is -2.55. The molecule has 1 aromatic heterocycles. The van der Waals surface area contributed by atoms with E-state index in [1.807, 2.05) is 6.07 Å². The number of nitrogens with one attached hydrogen (secondary N) is 2. The SMILES string of the molecule is C=N/C(=N\N(C)Cc1cc(C(=O)Nc2c(C)cc(C#N)cc2C(=O)NC)n(-c2ccccc2Cl)c1)C(F)(F)F. The van der Waals surface area contributed by atoms with E-state index in [1.54, 1.807) is 37.4 Å². The number of benzene rings is 2. The molecule has 202 valence electrons. The van der Waals surface area contributed by atoms with Gasteiger partial charge < -0.3 is 15.2 Å². The predicted octanol–water partition coefficient (Wildman–Crippen LogP) is 4.93. The summed E-state index contributed by atoms with van der Waals surface area (Å²) in [7, 11) is 2.74. The number of nitriles is 1. The van der Waals surface area contributed by atoms with Crippen LogP contribution in [0.3, 0.4) is 0 Å². The Morgan fingerprint density at radius 2 is 1.90 bits per heavy atom. The Morgan fingerprint density at radius 1 is 1.21 bits per heavy atom. The number of hydrazone groups is 1. The molecule has 0 aliphatic heterocycles. The highest BCUT2D eigenvalue weighted by Gasteiger charge is 2.36. The largest absolute Gasteiger partial charge is 0.453 e. The minimum Gasteiger partial charge on any atom is -0.355 e. The number of alkyl halides is 3. The molecule has 0 unspecified atom stereocenters.